The second-order valence-corrected chi connectivity index (χ2v) is 22.8. The predicted molar refractivity (Wildman–Crippen MR) is 253 cm³/mol. The highest BCUT2D eigenvalue weighted by atomic mass is 16.7. The van der Waals surface area contributed by atoms with Crippen LogP contribution in [0.1, 0.15) is 181 Å². The quantitative estimate of drug-likeness (QED) is 0.0761. The van der Waals surface area contributed by atoms with E-state index in [1.807, 2.05) is 6.92 Å². The molecule has 0 amide bonds. The number of hydrogen-bond donors (Lipinski definition) is 4. The monoisotopic (exact) mass is 940 g/mol. The Labute approximate surface area is 400 Å². The lowest BCUT2D eigenvalue weighted by molar-refractivity contribution is -0.225. The SMILES string of the molecule is COc1cccc2c1C(=O)c1c(O)c3c(c(O)c1C2=O)C[C@](O)(C(=O)COC(=O)OC1CCC2(C)C(=CCC4C2CCC2(C)C(C(C)CCCC(C)C)CCC42)C1)C[C@H]3O[C@@H]1C[C@@H](N)C[C@@H](C)O1. The fourth-order valence-corrected chi connectivity index (χ4v) is 14.8. The summed E-state index contributed by atoms with van der Waals surface area (Å²) in [5.74, 6) is 0.695. The number of carbonyl (C=O) groups excluding carboxylic acids is 4. The van der Waals surface area contributed by atoms with Gasteiger partial charge in [0, 0.05) is 48.4 Å². The standard InChI is InChI=1S/C55H73NO12/c1-28(2)10-8-11-29(3)37-16-17-38-34-15-14-31-23-33(18-20-53(31,5)39(34)19-21-54(37,38)6)67-52(62)65-27-42(57)55(63)25-36-45(41(26-55)68-43-24-32(56)22-30(4)66-43)51(61)47-46(49(36)59)48(58)35-12-9-13-40(64-7)44(35)50(47)60/h9,12-14,28-30,32-34,37-39,41,43,59,61,63H,8,10-11,15-27,56H2,1-7H3/t29?,30-,32+,33?,34?,37?,38?,39?,41-,43-,53?,54?,55-/m1/s1. The summed E-state index contributed by atoms with van der Waals surface area (Å²) in [5, 5.41) is 36.1. The summed E-state index contributed by atoms with van der Waals surface area (Å²) in [6, 6.07) is 4.17. The van der Waals surface area contributed by atoms with Gasteiger partial charge in [-0.2, -0.15) is 0 Å². The van der Waals surface area contributed by atoms with Crippen LogP contribution in [0.15, 0.2) is 29.8 Å². The molecular formula is C55H73NO12. The number of ether oxygens (including phenoxy) is 5. The molecule has 3 saturated carbocycles. The number of benzene rings is 2. The fourth-order valence-electron chi connectivity index (χ4n) is 14.8. The predicted octanol–water partition coefficient (Wildman–Crippen LogP) is 9.60. The minimum absolute atomic E-state index is 0.0416. The van der Waals surface area contributed by atoms with E-state index >= 15 is 0 Å². The highest BCUT2D eigenvalue weighted by Crippen LogP contribution is 2.67. The van der Waals surface area contributed by atoms with E-state index in [-0.39, 0.29) is 52.0 Å². The van der Waals surface area contributed by atoms with Gasteiger partial charge in [0.15, 0.2) is 18.7 Å². The summed E-state index contributed by atoms with van der Waals surface area (Å²) in [6.07, 6.45) is 10.5. The van der Waals surface area contributed by atoms with Crippen molar-refractivity contribution in [3.05, 3.63) is 63.2 Å². The molecule has 8 unspecified atom stereocenters. The van der Waals surface area contributed by atoms with Crippen molar-refractivity contribution in [3.8, 4) is 17.2 Å². The Kier molecular flexibility index (Phi) is 13.2. The molecule has 0 aromatic heterocycles. The molecule has 5 N–H and O–H groups in total. The molecule has 0 bridgehead atoms. The van der Waals surface area contributed by atoms with Crippen LogP contribution in [-0.2, 0) is 30.2 Å². The van der Waals surface area contributed by atoms with Crippen LogP contribution < -0.4 is 10.5 Å². The van der Waals surface area contributed by atoms with Crippen LogP contribution in [0.25, 0.3) is 0 Å². The van der Waals surface area contributed by atoms with Gasteiger partial charge in [0.05, 0.1) is 36.0 Å². The van der Waals surface area contributed by atoms with Gasteiger partial charge in [0.25, 0.3) is 0 Å². The lowest BCUT2D eigenvalue weighted by Crippen LogP contribution is -2.51. The van der Waals surface area contributed by atoms with Crippen molar-refractivity contribution in [3.63, 3.8) is 0 Å². The van der Waals surface area contributed by atoms with Gasteiger partial charge >= 0.3 is 6.16 Å². The van der Waals surface area contributed by atoms with E-state index in [2.05, 4.69) is 40.7 Å². The van der Waals surface area contributed by atoms with Gasteiger partial charge in [0.2, 0.25) is 11.6 Å². The second-order valence-electron chi connectivity index (χ2n) is 22.8. The molecule has 1 aliphatic heterocycles. The minimum Gasteiger partial charge on any atom is -0.507 e. The molecule has 370 valence electrons. The Balaban J connectivity index is 0.884. The maximum absolute atomic E-state index is 14.1. The zero-order valence-electron chi connectivity index (χ0n) is 41.1. The molecule has 9 rings (SSSR count). The Morgan fingerprint density at radius 3 is 2.44 bits per heavy atom. The first-order valence-electron chi connectivity index (χ1n) is 25.5. The summed E-state index contributed by atoms with van der Waals surface area (Å²) < 4.78 is 29.1. The van der Waals surface area contributed by atoms with Gasteiger partial charge in [-0.15, -0.1) is 0 Å². The Morgan fingerprint density at radius 1 is 0.941 bits per heavy atom. The summed E-state index contributed by atoms with van der Waals surface area (Å²) in [5.41, 5.74) is 4.53. The van der Waals surface area contributed by atoms with Crippen molar-refractivity contribution in [1.29, 1.82) is 0 Å². The average Bonchev–Trinajstić information content (AvgIpc) is 3.65. The number of phenolic OH excluding ortho intramolecular Hbond substituents is 2. The van der Waals surface area contributed by atoms with Crippen molar-refractivity contribution < 1.29 is 58.2 Å². The Hall–Kier alpha value is -4.30. The molecule has 1 saturated heterocycles. The fraction of sp³-hybridized carbons (Fsp3) is 0.673. The molecule has 68 heavy (non-hydrogen) atoms. The summed E-state index contributed by atoms with van der Waals surface area (Å²) >= 11 is 0. The molecule has 7 aliphatic rings. The first kappa shape index (κ1) is 48.7. The molecule has 0 radical (unpaired) electrons. The van der Waals surface area contributed by atoms with Crippen molar-refractivity contribution in [1.82, 2.24) is 0 Å². The molecule has 2 aromatic carbocycles. The van der Waals surface area contributed by atoms with Gasteiger partial charge in [-0.3, -0.25) is 14.4 Å². The number of methoxy groups -OCH3 is 1. The molecule has 13 atom stereocenters. The number of fused-ring (bicyclic) bond motifs is 8. The number of allylic oxidation sites excluding steroid dienone is 1. The molecular weight excluding hydrogens is 867 g/mol. The summed E-state index contributed by atoms with van der Waals surface area (Å²) in [7, 11) is 1.35. The maximum Gasteiger partial charge on any atom is 0.508 e. The minimum atomic E-state index is -2.32. The van der Waals surface area contributed by atoms with Crippen molar-refractivity contribution in [2.45, 2.75) is 174 Å². The smallest absolute Gasteiger partial charge is 0.507 e. The molecule has 0 spiro atoms. The van der Waals surface area contributed by atoms with Crippen LogP contribution in [0.5, 0.6) is 17.2 Å². The molecule has 1 heterocycles. The van der Waals surface area contributed by atoms with Gasteiger partial charge in [-0.05, 0) is 111 Å². The van der Waals surface area contributed by atoms with E-state index in [1.165, 1.54) is 75.8 Å². The molecule has 4 fully saturated rings. The second kappa shape index (κ2) is 18.5. The van der Waals surface area contributed by atoms with E-state index in [0.29, 0.717) is 36.5 Å². The third-order valence-corrected chi connectivity index (χ3v) is 18.3. The molecule has 2 aromatic rings. The molecule has 13 heteroatoms. The maximum atomic E-state index is 14.1. The lowest BCUT2D eigenvalue weighted by atomic mass is 9.47. The molecule has 13 nitrogen and oxygen atoms in total. The number of nitrogens with two attached hydrogens (primary N) is 1. The van der Waals surface area contributed by atoms with Gasteiger partial charge in [-0.25, -0.2) is 4.79 Å². The topological polar surface area (TPSA) is 201 Å². The number of hydrogen-bond acceptors (Lipinski definition) is 13. The van der Waals surface area contributed by atoms with E-state index in [0.717, 1.165) is 36.5 Å². The highest BCUT2D eigenvalue weighted by molar-refractivity contribution is 6.31. The van der Waals surface area contributed by atoms with Crippen LogP contribution in [-0.4, -0.2) is 82.7 Å². The number of aliphatic hydroxyl groups is 1. The third kappa shape index (κ3) is 8.38. The van der Waals surface area contributed by atoms with Crippen molar-refractivity contribution >= 4 is 23.5 Å². The average molecular weight is 940 g/mol. The summed E-state index contributed by atoms with van der Waals surface area (Å²) in [6.45, 7) is 13.2. The number of Topliss-reactive ketones (excluding diaryl/α,β-unsaturated/α-hetero) is 1. The van der Waals surface area contributed by atoms with Crippen LogP contribution in [0, 0.1) is 46.3 Å². The number of ketones is 3. The number of aromatic hydroxyl groups is 2. The van der Waals surface area contributed by atoms with E-state index in [9.17, 15) is 34.5 Å². The van der Waals surface area contributed by atoms with Crippen LogP contribution in [0.4, 0.5) is 4.79 Å². The first-order chi connectivity index (χ1) is 32.3. The first-order valence-corrected chi connectivity index (χ1v) is 25.5. The van der Waals surface area contributed by atoms with Gasteiger partial charge < -0.3 is 44.7 Å². The number of carbonyl (C=O) groups is 4. The van der Waals surface area contributed by atoms with Crippen LogP contribution in [0.2, 0.25) is 0 Å². The van der Waals surface area contributed by atoms with Gasteiger partial charge in [-0.1, -0.05) is 77.7 Å². The van der Waals surface area contributed by atoms with E-state index in [1.54, 1.807) is 0 Å². The number of phenols is 2. The van der Waals surface area contributed by atoms with Crippen LogP contribution >= 0.6 is 0 Å². The van der Waals surface area contributed by atoms with Crippen molar-refractivity contribution in [2.24, 2.45) is 52.1 Å². The Bertz CT molecular complexity index is 2360. The highest BCUT2D eigenvalue weighted by Gasteiger charge is 2.59. The van der Waals surface area contributed by atoms with Gasteiger partial charge in [0.1, 0.15) is 29.0 Å². The summed E-state index contributed by atoms with van der Waals surface area (Å²) in [4.78, 5) is 55.6. The largest absolute Gasteiger partial charge is 0.508 e. The van der Waals surface area contributed by atoms with E-state index in [4.69, 9.17) is 29.4 Å². The zero-order valence-corrected chi connectivity index (χ0v) is 41.1. The van der Waals surface area contributed by atoms with Crippen LogP contribution in [0.3, 0.4) is 0 Å². The van der Waals surface area contributed by atoms with E-state index < -0.39 is 89.7 Å². The third-order valence-electron chi connectivity index (χ3n) is 18.3. The number of rotatable bonds is 12. The molecule has 6 aliphatic carbocycles. The Morgan fingerprint density at radius 2 is 1.71 bits per heavy atom. The normalized spacial score (nSPS) is 35.4. The lowest BCUT2D eigenvalue weighted by Gasteiger charge is -2.58. The van der Waals surface area contributed by atoms with Crippen molar-refractivity contribution in [2.75, 3.05) is 13.7 Å². The zero-order chi connectivity index (χ0) is 48.6.